The predicted octanol–water partition coefficient (Wildman–Crippen LogP) is 0.429. The smallest absolute Gasteiger partial charge is 0.259 e. The molecule has 1 unspecified atom stereocenters. The molecule has 72 valence electrons. The van der Waals surface area contributed by atoms with Crippen LogP contribution >= 0.6 is 0 Å². The fourth-order valence-electron chi connectivity index (χ4n) is 0.971. The highest BCUT2D eigenvalue weighted by atomic mass is 16.5. The molecule has 0 bridgehead atoms. The van der Waals surface area contributed by atoms with Crippen LogP contribution in [0.4, 0.5) is 0 Å². The maximum atomic E-state index is 10.6. The summed E-state index contributed by atoms with van der Waals surface area (Å²) in [6, 6.07) is 0. The topological polar surface area (TPSA) is 64.3 Å². The van der Waals surface area contributed by atoms with E-state index in [0.717, 1.165) is 12.8 Å². The number of rotatable bonds is 6. The molecule has 0 saturated heterocycles. The Morgan fingerprint density at radius 2 is 2.33 bits per heavy atom. The Bertz CT molecular complexity index is 128. The van der Waals surface area contributed by atoms with Crippen LogP contribution in [0.25, 0.3) is 0 Å². The number of nitrogens with two attached hydrogens (primary N) is 1. The molecule has 3 N–H and O–H groups in total. The Kier molecular flexibility index (Phi) is 6.70. The second kappa shape index (κ2) is 7.06. The van der Waals surface area contributed by atoms with Crippen molar-refractivity contribution in [3.05, 3.63) is 0 Å². The molecule has 0 aromatic heterocycles. The van der Waals surface area contributed by atoms with Gasteiger partial charge in [0.2, 0.25) is 0 Å². The standard InChI is InChI=1S/C8H18N2O2/c1-3-4-7(2)5-12-6-8(11)10-9/h7H,3-6,9H2,1-2H3,(H,10,11). The average molecular weight is 174 g/mol. The van der Waals surface area contributed by atoms with Gasteiger partial charge in [-0.1, -0.05) is 20.3 Å². The van der Waals surface area contributed by atoms with Gasteiger partial charge in [0.15, 0.2) is 0 Å². The minimum Gasteiger partial charge on any atom is -0.371 e. The van der Waals surface area contributed by atoms with Crippen molar-refractivity contribution >= 4 is 5.91 Å². The van der Waals surface area contributed by atoms with Crippen molar-refractivity contribution in [2.24, 2.45) is 11.8 Å². The number of hydrogen-bond acceptors (Lipinski definition) is 3. The molecule has 0 spiro atoms. The fraction of sp³-hybridized carbons (Fsp3) is 0.875. The van der Waals surface area contributed by atoms with E-state index in [2.05, 4.69) is 13.8 Å². The van der Waals surface area contributed by atoms with Gasteiger partial charge in [-0.15, -0.1) is 0 Å². The first-order chi connectivity index (χ1) is 5.70. The van der Waals surface area contributed by atoms with Crippen molar-refractivity contribution in [1.29, 1.82) is 0 Å². The Hall–Kier alpha value is -0.610. The van der Waals surface area contributed by atoms with Gasteiger partial charge in [-0.05, 0) is 12.3 Å². The first kappa shape index (κ1) is 11.4. The first-order valence-corrected chi connectivity index (χ1v) is 4.27. The lowest BCUT2D eigenvalue weighted by molar-refractivity contribution is -0.126. The van der Waals surface area contributed by atoms with Gasteiger partial charge in [0, 0.05) is 6.61 Å². The maximum Gasteiger partial charge on any atom is 0.259 e. The van der Waals surface area contributed by atoms with E-state index in [0.29, 0.717) is 12.5 Å². The molecule has 0 aromatic rings. The molecule has 4 heteroatoms. The summed E-state index contributed by atoms with van der Waals surface area (Å²) in [7, 11) is 0. The van der Waals surface area contributed by atoms with E-state index in [1.807, 2.05) is 5.43 Å². The van der Waals surface area contributed by atoms with Crippen molar-refractivity contribution in [3.8, 4) is 0 Å². The molecule has 0 rings (SSSR count). The van der Waals surface area contributed by atoms with Crippen LogP contribution in [0.3, 0.4) is 0 Å². The zero-order valence-corrected chi connectivity index (χ0v) is 7.80. The second-order valence-electron chi connectivity index (χ2n) is 2.98. The minimum absolute atomic E-state index is 0.0601. The van der Waals surface area contributed by atoms with E-state index >= 15 is 0 Å². The lowest BCUT2D eigenvalue weighted by Gasteiger charge is -2.09. The summed E-state index contributed by atoms with van der Waals surface area (Å²) in [5, 5.41) is 0. The molecule has 0 aliphatic heterocycles. The number of amides is 1. The third-order valence-corrected chi connectivity index (χ3v) is 1.58. The number of hydrogen-bond donors (Lipinski definition) is 2. The van der Waals surface area contributed by atoms with Crippen molar-refractivity contribution in [3.63, 3.8) is 0 Å². The van der Waals surface area contributed by atoms with E-state index in [1.54, 1.807) is 0 Å². The van der Waals surface area contributed by atoms with Crippen LogP contribution in [0.15, 0.2) is 0 Å². The zero-order valence-electron chi connectivity index (χ0n) is 7.80. The molecule has 12 heavy (non-hydrogen) atoms. The van der Waals surface area contributed by atoms with Gasteiger partial charge in [0.1, 0.15) is 6.61 Å². The van der Waals surface area contributed by atoms with Gasteiger partial charge in [0.25, 0.3) is 5.91 Å². The Morgan fingerprint density at radius 3 is 2.83 bits per heavy atom. The van der Waals surface area contributed by atoms with Crippen LogP contribution in [0.2, 0.25) is 0 Å². The monoisotopic (exact) mass is 174 g/mol. The summed E-state index contributed by atoms with van der Waals surface area (Å²) >= 11 is 0. The highest BCUT2D eigenvalue weighted by Crippen LogP contribution is 2.04. The van der Waals surface area contributed by atoms with Crippen LogP contribution < -0.4 is 11.3 Å². The van der Waals surface area contributed by atoms with Gasteiger partial charge in [0.05, 0.1) is 0 Å². The Labute approximate surface area is 73.4 Å². The summed E-state index contributed by atoms with van der Waals surface area (Å²) in [6.45, 7) is 4.92. The molecular formula is C8H18N2O2. The minimum atomic E-state index is -0.279. The molecule has 0 aliphatic carbocycles. The van der Waals surface area contributed by atoms with E-state index < -0.39 is 0 Å². The van der Waals surface area contributed by atoms with Crippen LogP contribution in [-0.2, 0) is 9.53 Å². The second-order valence-corrected chi connectivity index (χ2v) is 2.98. The lowest BCUT2D eigenvalue weighted by Crippen LogP contribution is -2.33. The number of nitrogens with one attached hydrogen (secondary N) is 1. The number of ether oxygens (including phenoxy) is 1. The first-order valence-electron chi connectivity index (χ1n) is 4.27. The summed E-state index contributed by atoms with van der Waals surface area (Å²) in [6.07, 6.45) is 2.28. The predicted molar refractivity (Wildman–Crippen MR) is 47.2 cm³/mol. The highest BCUT2D eigenvalue weighted by Gasteiger charge is 2.02. The van der Waals surface area contributed by atoms with Gasteiger partial charge in [-0.25, -0.2) is 5.84 Å². The van der Waals surface area contributed by atoms with Crippen molar-refractivity contribution in [2.75, 3.05) is 13.2 Å². The van der Waals surface area contributed by atoms with Crippen molar-refractivity contribution in [1.82, 2.24) is 5.43 Å². The van der Waals surface area contributed by atoms with Gasteiger partial charge in [-0.3, -0.25) is 10.2 Å². The average Bonchev–Trinajstić information content (AvgIpc) is 2.04. The molecular weight excluding hydrogens is 156 g/mol. The molecule has 0 aliphatic rings. The van der Waals surface area contributed by atoms with E-state index in [4.69, 9.17) is 10.6 Å². The molecule has 0 radical (unpaired) electrons. The third-order valence-electron chi connectivity index (χ3n) is 1.58. The molecule has 4 nitrogen and oxygen atoms in total. The van der Waals surface area contributed by atoms with E-state index in [1.165, 1.54) is 0 Å². The third kappa shape index (κ3) is 6.12. The zero-order chi connectivity index (χ0) is 9.40. The molecule has 1 amide bonds. The number of carbonyl (C=O) groups excluding carboxylic acids is 1. The van der Waals surface area contributed by atoms with Gasteiger partial charge in [-0.2, -0.15) is 0 Å². The molecule has 0 fully saturated rings. The molecule has 0 heterocycles. The van der Waals surface area contributed by atoms with Crippen LogP contribution in [0.5, 0.6) is 0 Å². The van der Waals surface area contributed by atoms with Crippen LogP contribution in [-0.4, -0.2) is 19.1 Å². The molecule has 0 aromatic carbocycles. The SMILES string of the molecule is CCCC(C)COCC(=O)NN. The highest BCUT2D eigenvalue weighted by molar-refractivity contribution is 5.76. The van der Waals surface area contributed by atoms with Crippen LogP contribution in [0, 0.1) is 5.92 Å². The number of carbonyl (C=O) groups is 1. The normalized spacial score (nSPS) is 12.6. The summed E-state index contributed by atoms with van der Waals surface area (Å²) in [4.78, 5) is 10.6. The fourth-order valence-corrected chi connectivity index (χ4v) is 0.971. The van der Waals surface area contributed by atoms with Gasteiger partial charge >= 0.3 is 0 Å². The largest absolute Gasteiger partial charge is 0.371 e. The number of hydrazine groups is 1. The molecule has 0 saturated carbocycles. The Balaban J connectivity index is 3.24. The van der Waals surface area contributed by atoms with E-state index in [-0.39, 0.29) is 12.5 Å². The summed E-state index contributed by atoms with van der Waals surface area (Å²) in [5.74, 6) is 5.10. The summed E-state index contributed by atoms with van der Waals surface area (Å²) in [5.41, 5.74) is 2.01. The maximum absolute atomic E-state index is 10.6. The van der Waals surface area contributed by atoms with Crippen molar-refractivity contribution < 1.29 is 9.53 Å². The van der Waals surface area contributed by atoms with E-state index in [9.17, 15) is 4.79 Å². The quantitative estimate of drug-likeness (QED) is 0.348. The van der Waals surface area contributed by atoms with Crippen LogP contribution in [0.1, 0.15) is 26.7 Å². The summed E-state index contributed by atoms with van der Waals surface area (Å²) < 4.78 is 5.11. The Morgan fingerprint density at radius 1 is 1.67 bits per heavy atom. The molecule has 1 atom stereocenters. The van der Waals surface area contributed by atoms with Gasteiger partial charge < -0.3 is 4.74 Å². The lowest BCUT2D eigenvalue weighted by atomic mass is 10.1. The van der Waals surface area contributed by atoms with Crippen molar-refractivity contribution in [2.45, 2.75) is 26.7 Å².